The Morgan fingerprint density at radius 1 is 0.971 bits per heavy atom. The summed E-state index contributed by atoms with van der Waals surface area (Å²) in [6.45, 7) is 0.200. The van der Waals surface area contributed by atoms with Gasteiger partial charge in [-0.1, -0.05) is 60.7 Å². The molecular weight excluding hydrogens is 440 g/mol. The lowest BCUT2D eigenvalue weighted by Crippen LogP contribution is -2.48. The average molecular weight is 469 g/mol. The normalized spacial score (nSPS) is 18.1. The van der Waals surface area contributed by atoms with Crippen molar-refractivity contribution in [1.82, 2.24) is 10.3 Å². The van der Waals surface area contributed by atoms with Crippen LogP contribution in [0.5, 0.6) is 0 Å². The number of Topliss-reactive ketones (excluding diaryl/α,β-unsaturated/α-hetero) is 1. The number of ketones is 1. The number of carbonyl (C=O) groups is 2. The van der Waals surface area contributed by atoms with Crippen molar-refractivity contribution in [3.05, 3.63) is 107 Å². The number of ether oxygens (including phenoxy) is 1. The number of hydrogen-bond donors (Lipinski definition) is 4. The van der Waals surface area contributed by atoms with Crippen molar-refractivity contribution in [2.45, 2.75) is 37.7 Å². The van der Waals surface area contributed by atoms with E-state index >= 15 is 0 Å². The molecular formula is C28H28N4O3. The number of rotatable bonds is 7. The first-order valence-corrected chi connectivity index (χ1v) is 11.7. The van der Waals surface area contributed by atoms with Gasteiger partial charge in [0.05, 0.1) is 17.9 Å². The van der Waals surface area contributed by atoms with Crippen LogP contribution >= 0.6 is 0 Å². The minimum atomic E-state index is -0.644. The standard InChI is InChI=1S/C28H28N4O3/c29-22(13-17-7-3-1-4-8-17)26(33)19-11-12-23-20(14-19)21-15-24(32-27(30)25(21)31-23)28(34)35-16-18-9-5-2-6-10-18/h1-12,14,22,24,27,31-32H,13,15-16,29-30H2. The Labute approximate surface area is 203 Å². The monoisotopic (exact) mass is 468 g/mol. The quantitative estimate of drug-likeness (QED) is 0.244. The zero-order chi connectivity index (χ0) is 24.4. The van der Waals surface area contributed by atoms with Gasteiger partial charge in [0, 0.05) is 22.9 Å². The van der Waals surface area contributed by atoms with E-state index in [1.807, 2.05) is 72.8 Å². The van der Waals surface area contributed by atoms with E-state index in [2.05, 4.69) is 10.3 Å². The molecule has 0 spiro atoms. The second-order valence-electron chi connectivity index (χ2n) is 8.93. The number of hydrogen-bond acceptors (Lipinski definition) is 6. The van der Waals surface area contributed by atoms with Gasteiger partial charge in [0.15, 0.2) is 5.78 Å². The number of aromatic amines is 1. The van der Waals surface area contributed by atoms with Gasteiger partial charge >= 0.3 is 5.97 Å². The zero-order valence-electron chi connectivity index (χ0n) is 19.2. The average Bonchev–Trinajstić information content (AvgIpc) is 3.26. The summed E-state index contributed by atoms with van der Waals surface area (Å²) in [5.74, 6) is -0.482. The van der Waals surface area contributed by atoms with Crippen molar-refractivity contribution in [3.63, 3.8) is 0 Å². The van der Waals surface area contributed by atoms with E-state index < -0.39 is 18.2 Å². The predicted molar refractivity (Wildman–Crippen MR) is 135 cm³/mol. The Balaban J connectivity index is 1.35. The van der Waals surface area contributed by atoms with Gasteiger partial charge in [-0.05, 0) is 41.3 Å². The molecule has 0 aliphatic carbocycles. The number of esters is 1. The Morgan fingerprint density at radius 3 is 2.37 bits per heavy atom. The van der Waals surface area contributed by atoms with E-state index in [0.717, 1.165) is 33.3 Å². The minimum absolute atomic E-state index is 0.122. The highest BCUT2D eigenvalue weighted by Crippen LogP contribution is 2.31. The minimum Gasteiger partial charge on any atom is -0.460 e. The fourth-order valence-electron chi connectivity index (χ4n) is 4.63. The Kier molecular flexibility index (Phi) is 6.46. The number of H-pyrrole nitrogens is 1. The summed E-state index contributed by atoms with van der Waals surface area (Å²) in [6.07, 6.45) is 0.317. The zero-order valence-corrected chi connectivity index (χ0v) is 19.2. The highest BCUT2D eigenvalue weighted by Gasteiger charge is 2.32. The first kappa shape index (κ1) is 23.0. The van der Waals surface area contributed by atoms with Crippen molar-refractivity contribution in [2.75, 3.05) is 0 Å². The summed E-state index contributed by atoms with van der Waals surface area (Å²) in [5.41, 5.74) is 17.7. The van der Waals surface area contributed by atoms with Gasteiger partial charge in [0.2, 0.25) is 0 Å². The summed E-state index contributed by atoms with van der Waals surface area (Å²) in [6, 6.07) is 23.5. The van der Waals surface area contributed by atoms with Crippen LogP contribution < -0.4 is 16.8 Å². The SMILES string of the molecule is NC(Cc1ccccc1)C(=O)c1ccc2[nH]c3c(c2c1)CC(C(=O)OCc1ccccc1)NC3N. The highest BCUT2D eigenvalue weighted by molar-refractivity contribution is 6.03. The van der Waals surface area contributed by atoms with Gasteiger partial charge in [-0.25, -0.2) is 0 Å². The van der Waals surface area contributed by atoms with Crippen molar-refractivity contribution in [1.29, 1.82) is 0 Å². The molecule has 3 atom stereocenters. The molecule has 1 aliphatic heterocycles. The van der Waals surface area contributed by atoms with Crippen molar-refractivity contribution < 1.29 is 14.3 Å². The van der Waals surface area contributed by atoms with Crippen LogP contribution in [-0.2, 0) is 29.0 Å². The summed E-state index contributed by atoms with van der Waals surface area (Å²) in [5, 5.41) is 4.01. The number of fused-ring (bicyclic) bond motifs is 3. The molecule has 3 aromatic carbocycles. The maximum absolute atomic E-state index is 13.1. The number of aromatic nitrogens is 1. The van der Waals surface area contributed by atoms with Crippen LogP contribution in [0.4, 0.5) is 0 Å². The van der Waals surface area contributed by atoms with Crippen LogP contribution in [0.3, 0.4) is 0 Å². The molecule has 5 rings (SSSR count). The first-order valence-electron chi connectivity index (χ1n) is 11.7. The molecule has 6 N–H and O–H groups in total. The molecule has 0 bridgehead atoms. The van der Waals surface area contributed by atoms with Gasteiger partial charge in [-0.2, -0.15) is 0 Å². The second kappa shape index (κ2) is 9.84. The smallest absolute Gasteiger partial charge is 0.323 e. The summed E-state index contributed by atoms with van der Waals surface area (Å²) in [4.78, 5) is 29.2. The van der Waals surface area contributed by atoms with Crippen molar-refractivity contribution >= 4 is 22.7 Å². The van der Waals surface area contributed by atoms with E-state index in [0.29, 0.717) is 18.4 Å². The molecule has 178 valence electrons. The van der Waals surface area contributed by atoms with Crippen LogP contribution in [-0.4, -0.2) is 28.8 Å². The fourth-order valence-corrected chi connectivity index (χ4v) is 4.63. The van der Waals surface area contributed by atoms with Gasteiger partial charge in [-0.3, -0.25) is 14.9 Å². The molecule has 35 heavy (non-hydrogen) atoms. The molecule has 0 amide bonds. The molecule has 7 nitrogen and oxygen atoms in total. The van der Waals surface area contributed by atoms with Gasteiger partial charge < -0.3 is 21.2 Å². The Morgan fingerprint density at radius 2 is 1.66 bits per heavy atom. The van der Waals surface area contributed by atoms with Crippen LogP contribution in [0.2, 0.25) is 0 Å². The summed E-state index contributed by atoms with van der Waals surface area (Å²) >= 11 is 0. The Hall–Kier alpha value is -3.78. The topological polar surface area (TPSA) is 123 Å². The lowest BCUT2D eigenvalue weighted by Gasteiger charge is -2.27. The molecule has 3 unspecified atom stereocenters. The number of benzene rings is 3. The van der Waals surface area contributed by atoms with Crippen molar-refractivity contribution in [2.24, 2.45) is 11.5 Å². The third kappa shape index (κ3) is 4.88. The van der Waals surface area contributed by atoms with Crippen molar-refractivity contribution in [3.8, 4) is 0 Å². The first-order chi connectivity index (χ1) is 17.0. The van der Waals surface area contributed by atoms with Crippen LogP contribution in [0.1, 0.15) is 38.9 Å². The number of carbonyl (C=O) groups excluding carboxylic acids is 2. The lowest BCUT2D eigenvalue weighted by atomic mass is 9.94. The highest BCUT2D eigenvalue weighted by atomic mass is 16.5. The number of nitrogens with two attached hydrogens (primary N) is 2. The van der Waals surface area contributed by atoms with E-state index in [1.165, 1.54) is 0 Å². The van der Waals surface area contributed by atoms with E-state index in [9.17, 15) is 9.59 Å². The molecule has 0 saturated carbocycles. The van der Waals surface area contributed by atoms with E-state index in [-0.39, 0.29) is 18.4 Å². The lowest BCUT2D eigenvalue weighted by molar-refractivity contribution is -0.148. The number of nitrogens with one attached hydrogen (secondary N) is 2. The molecule has 0 radical (unpaired) electrons. The molecule has 1 aromatic heterocycles. The maximum Gasteiger partial charge on any atom is 0.323 e. The fraction of sp³-hybridized carbons (Fsp3) is 0.214. The van der Waals surface area contributed by atoms with Crippen LogP contribution in [0.15, 0.2) is 78.9 Å². The molecule has 0 saturated heterocycles. The molecule has 4 aromatic rings. The maximum atomic E-state index is 13.1. The van der Waals surface area contributed by atoms with Crippen LogP contribution in [0, 0.1) is 0 Å². The molecule has 2 heterocycles. The summed E-state index contributed by atoms with van der Waals surface area (Å²) in [7, 11) is 0. The predicted octanol–water partition coefficient (Wildman–Crippen LogP) is 3.14. The summed E-state index contributed by atoms with van der Waals surface area (Å²) < 4.78 is 5.53. The van der Waals surface area contributed by atoms with Gasteiger partial charge in [-0.15, -0.1) is 0 Å². The Bertz CT molecular complexity index is 1350. The van der Waals surface area contributed by atoms with Gasteiger partial charge in [0.1, 0.15) is 12.6 Å². The molecule has 7 heteroatoms. The van der Waals surface area contributed by atoms with Crippen LogP contribution in [0.25, 0.3) is 10.9 Å². The van der Waals surface area contributed by atoms with E-state index in [4.69, 9.17) is 16.2 Å². The second-order valence-corrected chi connectivity index (χ2v) is 8.93. The molecule has 1 aliphatic rings. The third-order valence-corrected chi connectivity index (χ3v) is 6.47. The largest absolute Gasteiger partial charge is 0.460 e. The van der Waals surface area contributed by atoms with E-state index in [1.54, 1.807) is 6.07 Å². The van der Waals surface area contributed by atoms with Gasteiger partial charge in [0.25, 0.3) is 0 Å². The molecule has 0 fully saturated rings. The third-order valence-electron chi connectivity index (χ3n) is 6.47.